The Kier molecular flexibility index (Phi) is 4.77. The number of ether oxygens (including phenoxy) is 2. The largest absolute Gasteiger partial charge is 0.465 e. The molecular formula is C15H12BrNO5. The van der Waals surface area contributed by atoms with Gasteiger partial charge in [-0.2, -0.15) is 0 Å². The first-order valence-electron chi connectivity index (χ1n) is 6.23. The third-order valence-electron chi connectivity index (χ3n) is 2.88. The minimum Gasteiger partial charge on any atom is -0.465 e. The van der Waals surface area contributed by atoms with Gasteiger partial charge in [0.05, 0.1) is 12.0 Å². The number of nitrogens with zero attached hydrogens (tertiary/aromatic N) is 1. The van der Waals surface area contributed by atoms with Crippen LogP contribution in [0.25, 0.3) is 0 Å². The molecule has 0 aliphatic heterocycles. The Labute approximate surface area is 134 Å². The van der Waals surface area contributed by atoms with Gasteiger partial charge in [0.15, 0.2) is 0 Å². The molecule has 7 heteroatoms. The van der Waals surface area contributed by atoms with E-state index in [1.807, 2.05) is 0 Å². The fourth-order valence-corrected chi connectivity index (χ4v) is 2.17. The number of carbonyl (C=O) groups excluding carboxylic acids is 1. The van der Waals surface area contributed by atoms with Crippen molar-refractivity contribution in [3.8, 4) is 11.5 Å². The highest BCUT2D eigenvalue weighted by atomic mass is 79.9. The van der Waals surface area contributed by atoms with Crippen molar-refractivity contribution in [2.75, 3.05) is 7.11 Å². The molecule has 2 aromatic rings. The number of nitro benzene ring substituents is 1. The Balaban J connectivity index is 2.51. The fraction of sp³-hybridized carbons (Fsp3) is 0.133. The molecule has 0 bridgehead atoms. The molecule has 0 N–H and O–H groups in total. The highest BCUT2D eigenvalue weighted by Crippen LogP contribution is 2.35. The predicted molar refractivity (Wildman–Crippen MR) is 83.4 cm³/mol. The minimum absolute atomic E-state index is 0.0632. The summed E-state index contributed by atoms with van der Waals surface area (Å²) in [6, 6.07) is 9.25. The number of halogens is 1. The summed E-state index contributed by atoms with van der Waals surface area (Å²) < 4.78 is 11.0. The lowest BCUT2D eigenvalue weighted by Crippen LogP contribution is -2.04. The Morgan fingerprint density at radius 1 is 1.18 bits per heavy atom. The zero-order valence-corrected chi connectivity index (χ0v) is 13.4. The second-order valence-electron chi connectivity index (χ2n) is 4.46. The van der Waals surface area contributed by atoms with Gasteiger partial charge in [-0.15, -0.1) is 0 Å². The molecule has 0 saturated heterocycles. The summed E-state index contributed by atoms with van der Waals surface area (Å²) in [6.45, 7) is 1.79. The summed E-state index contributed by atoms with van der Waals surface area (Å²) in [6.07, 6.45) is 0. The average Bonchev–Trinajstić information content (AvgIpc) is 2.46. The molecule has 0 spiro atoms. The standard InChI is InChI=1S/C15H12BrNO5/c1-9-3-6-12(17(19)20)14(7-9)22-13-8-10(16)4-5-11(13)15(18)21-2/h3-8H,1-2H3. The van der Waals surface area contributed by atoms with E-state index in [2.05, 4.69) is 20.7 Å². The van der Waals surface area contributed by atoms with Crippen LogP contribution in [0.5, 0.6) is 11.5 Å². The molecule has 0 amide bonds. The lowest BCUT2D eigenvalue weighted by atomic mass is 10.2. The van der Waals surface area contributed by atoms with Crippen LogP contribution in [-0.4, -0.2) is 18.0 Å². The molecule has 22 heavy (non-hydrogen) atoms. The second-order valence-corrected chi connectivity index (χ2v) is 5.38. The van der Waals surface area contributed by atoms with Crippen LogP contribution in [0.15, 0.2) is 40.9 Å². The van der Waals surface area contributed by atoms with Gasteiger partial charge in [-0.3, -0.25) is 10.1 Å². The molecule has 0 fully saturated rings. The maximum atomic E-state index is 11.8. The zero-order valence-electron chi connectivity index (χ0n) is 11.8. The molecule has 0 heterocycles. The van der Waals surface area contributed by atoms with Crippen LogP contribution in [0.1, 0.15) is 15.9 Å². The first-order chi connectivity index (χ1) is 10.4. The number of nitro groups is 1. The summed E-state index contributed by atoms with van der Waals surface area (Å²) in [5.41, 5.74) is 0.804. The van der Waals surface area contributed by atoms with Crippen LogP contribution in [0.2, 0.25) is 0 Å². The molecule has 0 aliphatic carbocycles. The van der Waals surface area contributed by atoms with Crippen molar-refractivity contribution in [3.05, 3.63) is 62.1 Å². The third kappa shape index (κ3) is 3.43. The lowest BCUT2D eigenvalue weighted by Gasteiger charge is -2.11. The lowest BCUT2D eigenvalue weighted by molar-refractivity contribution is -0.385. The van der Waals surface area contributed by atoms with Gasteiger partial charge in [-0.25, -0.2) is 4.79 Å². The summed E-state index contributed by atoms with van der Waals surface area (Å²) in [7, 11) is 1.25. The van der Waals surface area contributed by atoms with Crippen molar-refractivity contribution in [3.63, 3.8) is 0 Å². The monoisotopic (exact) mass is 365 g/mol. The summed E-state index contributed by atoms with van der Waals surface area (Å²) in [4.78, 5) is 22.3. The molecule has 2 aromatic carbocycles. The Morgan fingerprint density at radius 2 is 1.91 bits per heavy atom. The molecule has 114 valence electrons. The van der Waals surface area contributed by atoms with E-state index in [-0.39, 0.29) is 22.7 Å². The number of carbonyl (C=O) groups is 1. The van der Waals surface area contributed by atoms with E-state index < -0.39 is 10.9 Å². The summed E-state index contributed by atoms with van der Waals surface area (Å²) >= 11 is 3.28. The van der Waals surface area contributed by atoms with E-state index >= 15 is 0 Å². The van der Waals surface area contributed by atoms with Crippen LogP contribution in [-0.2, 0) is 4.74 Å². The molecule has 2 rings (SSSR count). The number of methoxy groups -OCH3 is 1. The third-order valence-corrected chi connectivity index (χ3v) is 3.37. The number of hydrogen-bond donors (Lipinski definition) is 0. The Bertz CT molecular complexity index is 745. The zero-order chi connectivity index (χ0) is 16.3. The fourth-order valence-electron chi connectivity index (χ4n) is 1.83. The van der Waals surface area contributed by atoms with Crippen molar-refractivity contribution in [2.45, 2.75) is 6.92 Å². The first-order valence-corrected chi connectivity index (χ1v) is 7.02. The quantitative estimate of drug-likeness (QED) is 0.459. The molecule has 0 aliphatic rings. The van der Waals surface area contributed by atoms with Crippen LogP contribution in [0.3, 0.4) is 0 Å². The molecule has 0 atom stereocenters. The highest BCUT2D eigenvalue weighted by Gasteiger charge is 2.20. The maximum Gasteiger partial charge on any atom is 0.341 e. The van der Waals surface area contributed by atoms with E-state index in [0.717, 1.165) is 5.56 Å². The van der Waals surface area contributed by atoms with E-state index in [9.17, 15) is 14.9 Å². The number of esters is 1. The van der Waals surface area contributed by atoms with Crippen molar-refractivity contribution >= 4 is 27.6 Å². The molecule has 0 aromatic heterocycles. The molecular weight excluding hydrogens is 354 g/mol. The van der Waals surface area contributed by atoms with E-state index in [1.165, 1.54) is 19.2 Å². The van der Waals surface area contributed by atoms with Crippen LogP contribution in [0, 0.1) is 17.0 Å². The van der Waals surface area contributed by atoms with Gasteiger partial charge in [0.2, 0.25) is 5.75 Å². The number of hydrogen-bond acceptors (Lipinski definition) is 5. The number of benzene rings is 2. The van der Waals surface area contributed by atoms with Gasteiger partial charge in [0.25, 0.3) is 0 Å². The Morgan fingerprint density at radius 3 is 2.55 bits per heavy atom. The molecule has 0 saturated carbocycles. The van der Waals surface area contributed by atoms with Crippen LogP contribution in [0.4, 0.5) is 5.69 Å². The normalized spacial score (nSPS) is 10.1. The van der Waals surface area contributed by atoms with E-state index in [4.69, 9.17) is 4.74 Å². The predicted octanol–water partition coefficient (Wildman–Crippen LogP) is 4.24. The molecule has 6 nitrogen and oxygen atoms in total. The van der Waals surface area contributed by atoms with Gasteiger partial charge in [-0.1, -0.05) is 22.0 Å². The maximum absolute atomic E-state index is 11.8. The first kappa shape index (κ1) is 16.0. The summed E-state index contributed by atoms with van der Waals surface area (Å²) in [5.74, 6) is -0.346. The highest BCUT2D eigenvalue weighted by molar-refractivity contribution is 9.10. The van der Waals surface area contributed by atoms with Crippen molar-refractivity contribution in [1.29, 1.82) is 0 Å². The number of aryl methyl sites for hydroxylation is 1. The van der Waals surface area contributed by atoms with Gasteiger partial charge in [0.1, 0.15) is 11.3 Å². The van der Waals surface area contributed by atoms with Crippen molar-refractivity contribution in [2.24, 2.45) is 0 Å². The average molecular weight is 366 g/mol. The SMILES string of the molecule is COC(=O)c1ccc(Br)cc1Oc1cc(C)ccc1[N+](=O)[O-]. The van der Waals surface area contributed by atoms with Gasteiger partial charge >= 0.3 is 11.7 Å². The van der Waals surface area contributed by atoms with Gasteiger partial charge < -0.3 is 9.47 Å². The van der Waals surface area contributed by atoms with Crippen LogP contribution >= 0.6 is 15.9 Å². The Hall–Kier alpha value is -2.41. The van der Waals surface area contributed by atoms with Gasteiger partial charge in [0, 0.05) is 10.5 Å². The van der Waals surface area contributed by atoms with Crippen molar-refractivity contribution in [1.82, 2.24) is 0 Å². The topological polar surface area (TPSA) is 78.7 Å². The molecule has 0 unspecified atom stereocenters. The minimum atomic E-state index is -0.585. The molecule has 0 radical (unpaired) electrons. The van der Waals surface area contributed by atoms with E-state index in [1.54, 1.807) is 31.2 Å². The van der Waals surface area contributed by atoms with Crippen LogP contribution < -0.4 is 4.74 Å². The smallest absolute Gasteiger partial charge is 0.341 e. The summed E-state index contributed by atoms with van der Waals surface area (Å²) in [5, 5.41) is 11.1. The number of rotatable bonds is 4. The van der Waals surface area contributed by atoms with Gasteiger partial charge in [-0.05, 0) is 36.8 Å². The van der Waals surface area contributed by atoms with E-state index in [0.29, 0.717) is 4.47 Å². The van der Waals surface area contributed by atoms with Crippen molar-refractivity contribution < 1.29 is 19.2 Å². The second kappa shape index (κ2) is 6.57.